The molecule has 0 saturated heterocycles. The van der Waals surface area contributed by atoms with Gasteiger partial charge in [-0.25, -0.2) is 9.59 Å². The van der Waals surface area contributed by atoms with Crippen LogP contribution in [0.1, 0.15) is 0 Å². The standard InChI is InChI=1S/C9H13NO4S3/c1-10(2)9(16)17-6(8(12)14-4)5(15)7(11)13-3/h15H,1-4H3/b6-5-. The molecule has 17 heavy (non-hydrogen) atoms. The van der Waals surface area contributed by atoms with Crippen molar-refractivity contribution in [1.82, 2.24) is 4.90 Å². The molecule has 0 aliphatic rings. The van der Waals surface area contributed by atoms with Crippen LogP contribution in [0.15, 0.2) is 9.81 Å². The monoisotopic (exact) mass is 295 g/mol. The molecular formula is C9H13NO4S3. The van der Waals surface area contributed by atoms with Crippen molar-refractivity contribution < 1.29 is 19.1 Å². The lowest BCUT2D eigenvalue weighted by molar-refractivity contribution is -0.138. The van der Waals surface area contributed by atoms with Gasteiger partial charge >= 0.3 is 11.9 Å². The molecule has 0 fully saturated rings. The summed E-state index contributed by atoms with van der Waals surface area (Å²) in [5.74, 6) is -1.41. The van der Waals surface area contributed by atoms with Gasteiger partial charge in [0.25, 0.3) is 0 Å². The van der Waals surface area contributed by atoms with E-state index >= 15 is 0 Å². The lowest BCUT2D eigenvalue weighted by Gasteiger charge is -2.14. The van der Waals surface area contributed by atoms with Crippen molar-refractivity contribution >= 4 is 52.9 Å². The van der Waals surface area contributed by atoms with Gasteiger partial charge in [0.15, 0.2) is 0 Å². The Balaban J connectivity index is 5.22. The number of esters is 2. The van der Waals surface area contributed by atoms with Gasteiger partial charge in [0.05, 0.1) is 14.2 Å². The van der Waals surface area contributed by atoms with E-state index in [4.69, 9.17) is 12.2 Å². The lowest BCUT2D eigenvalue weighted by Crippen LogP contribution is -2.19. The van der Waals surface area contributed by atoms with Crippen LogP contribution >= 0.6 is 36.6 Å². The van der Waals surface area contributed by atoms with Crippen LogP contribution in [0.25, 0.3) is 0 Å². The second kappa shape index (κ2) is 7.57. The maximum Gasteiger partial charge on any atom is 0.346 e. The van der Waals surface area contributed by atoms with E-state index in [0.717, 1.165) is 11.8 Å². The predicted molar refractivity (Wildman–Crippen MR) is 73.9 cm³/mol. The number of hydrogen-bond acceptors (Lipinski definition) is 7. The first kappa shape index (κ1) is 16.3. The van der Waals surface area contributed by atoms with Gasteiger partial charge in [-0.2, -0.15) is 0 Å². The highest BCUT2D eigenvalue weighted by molar-refractivity contribution is 8.26. The molecule has 0 amide bonds. The van der Waals surface area contributed by atoms with Crippen molar-refractivity contribution in [3.8, 4) is 0 Å². The van der Waals surface area contributed by atoms with Crippen molar-refractivity contribution in [2.75, 3.05) is 28.3 Å². The van der Waals surface area contributed by atoms with Crippen molar-refractivity contribution in [2.45, 2.75) is 0 Å². The molecule has 0 radical (unpaired) electrons. The number of rotatable bonds is 3. The molecule has 0 aromatic carbocycles. The highest BCUT2D eigenvalue weighted by Crippen LogP contribution is 2.26. The number of methoxy groups -OCH3 is 2. The minimum Gasteiger partial charge on any atom is -0.465 e. The molecule has 8 heteroatoms. The number of thiol groups is 1. The summed E-state index contributed by atoms with van der Waals surface area (Å²) in [6.45, 7) is 0. The first-order valence-electron chi connectivity index (χ1n) is 4.34. The van der Waals surface area contributed by atoms with Crippen molar-refractivity contribution in [3.05, 3.63) is 9.81 Å². The minimum atomic E-state index is -0.720. The molecule has 0 N–H and O–H groups in total. The summed E-state index contributed by atoms with van der Waals surface area (Å²) < 4.78 is 9.44. The number of nitrogens with zero attached hydrogens (tertiary/aromatic N) is 1. The van der Waals surface area contributed by atoms with Gasteiger partial charge in [-0.3, -0.25) is 0 Å². The van der Waals surface area contributed by atoms with Crippen molar-refractivity contribution in [2.24, 2.45) is 0 Å². The fourth-order valence-electron chi connectivity index (χ4n) is 0.647. The van der Waals surface area contributed by atoms with E-state index in [0.29, 0.717) is 4.32 Å². The Labute approximate surface area is 115 Å². The number of ether oxygens (including phenoxy) is 2. The van der Waals surface area contributed by atoms with Gasteiger partial charge in [0.1, 0.15) is 14.1 Å². The average molecular weight is 295 g/mol. The number of thioether (sulfide) groups is 1. The molecule has 0 unspecified atom stereocenters. The maximum absolute atomic E-state index is 11.5. The second-order valence-electron chi connectivity index (χ2n) is 2.92. The summed E-state index contributed by atoms with van der Waals surface area (Å²) in [6.07, 6.45) is 0. The third-order valence-corrected chi connectivity index (χ3v) is 3.81. The van der Waals surface area contributed by atoms with Crippen LogP contribution in [0.4, 0.5) is 0 Å². The summed E-state index contributed by atoms with van der Waals surface area (Å²) in [5, 5.41) is 0. The Morgan fingerprint density at radius 1 is 1.18 bits per heavy atom. The number of carbonyl (C=O) groups excluding carboxylic acids is 2. The van der Waals surface area contributed by atoms with Gasteiger partial charge in [-0.15, -0.1) is 12.6 Å². The Morgan fingerprint density at radius 2 is 1.65 bits per heavy atom. The van der Waals surface area contributed by atoms with Crippen molar-refractivity contribution in [3.63, 3.8) is 0 Å². The molecule has 96 valence electrons. The van der Waals surface area contributed by atoms with Crippen LogP contribution in [0.3, 0.4) is 0 Å². The zero-order chi connectivity index (χ0) is 13.6. The van der Waals surface area contributed by atoms with Gasteiger partial charge < -0.3 is 14.4 Å². The Kier molecular flexibility index (Phi) is 7.24. The SMILES string of the molecule is COC(=O)/C(S)=C(/SC(=S)N(C)C)C(=O)OC. The zero-order valence-corrected chi connectivity index (χ0v) is 12.4. The predicted octanol–water partition coefficient (Wildman–Crippen LogP) is 1.05. The molecule has 0 aromatic rings. The summed E-state index contributed by atoms with van der Waals surface area (Å²) in [7, 11) is 5.85. The highest BCUT2D eigenvalue weighted by Gasteiger charge is 2.22. The smallest absolute Gasteiger partial charge is 0.346 e. The largest absolute Gasteiger partial charge is 0.465 e. The molecule has 5 nitrogen and oxygen atoms in total. The van der Waals surface area contributed by atoms with Crippen LogP contribution in [0, 0.1) is 0 Å². The van der Waals surface area contributed by atoms with Crippen LogP contribution in [-0.2, 0) is 19.1 Å². The molecular weight excluding hydrogens is 282 g/mol. The van der Waals surface area contributed by atoms with E-state index < -0.39 is 11.9 Å². The van der Waals surface area contributed by atoms with E-state index in [2.05, 4.69) is 22.1 Å². The lowest BCUT2D eigenvalue weighted by atomic mass is 10.5. The fraction of sp³-hybridized carbons (Fsp3) is 0.444. The Bertz CT molecular complexity index is 365. The number of carbonyl (C=O) groups is 2. The van der Waals surface area contributed by atoms with Gasteiger partial charge in [0, 0.05) is 14.1 Å². The summed E-state index contributed by atoms with van der Waals surface area (Å²) in [4.78, 5) is 24.3. The van der Waals surface area contributed by atoms with E-state index in [-0.39, 0.29) is 9.81 Å². The van der Waals surface area contributed by atoms with Gasteiger partial charge in [0.2, 0.25) is 0 Å². The summed E-state index contributed by atoms with van der Waals surface area (Å²) in [5.41, 5.74) is 0. The normalized spacial score (nSPS) is 11.4. The van der Waals surface area contributed by atoms with E-state index in [1.165, 1.54) is 14.2 Å². The zero-order valence-electron chi connectivity index (χ0n) is 9.84. The third kappa shape index (κ3) is 4.97. The van der Waals surface area contributed by atoms with E-state index in [9.17, 15) is 9.59 Å². The van der Waals surface area contributed by atoms with Crippen molar-refractivity contribution in [1.29, 1.82) is 0 Å². The first-order chi connectivity index (χ1) is 7.84. The quantitative estimate of drug-likeness (QED) is 0.361. The number of thiocarbonyl (C=S) groups is 1. The van der Waals surface area contributed by atoms with Gasteiger partial charge in [-0.1, -0.05) is 24.0 Å². The number of hydrogen-bond donors (Lipinski definition) is 1. The van der Waals surface area contributed by atoms with E-state index in [1.807, 2.05) is 0 Å². The Hall–Kier alpha value is -0.730. The molecule has 0 atom stereocenters. The summed E-state index contributed by atoms with van der Waals surface area (Å²) >= 11 is 9.89. The second-order valence-corrected chi connectivity index (χ2v) is 5.01. The Morgan fingerprint density at radius 3 is 2.00 bits per heavy atom. The molecule has 0 rings (SSSR count). The molecule has 0 aliphatic heterocycles. The molecule has 0 heterocycles. The van der Waals surface area contributed by atoms with E-state index in [1.54, 1.807) is 19.0 Å². The first-order valence-corrected chi connectivity index (χ1v) is 6.01. The molecule has 0 bridgehead atoms. The third-order valence-electron chi connectivity index (χ3n) is 1.52. The molecule has 0 spiro atoms. The molecule has 0 saturated carbocycles. The highest BCUT2D eigenvalue weighted by atomic mass is 32.2. The van der Waals surface area contributed by atoms with Crippen LogP contribution in [0.2, 0.25) is 0 Å². The van der Waals surface area contributed by atoms with Gasteiger partial charge in [-0.05, 0) is 0 Å². The molecule has 0 aliphatic carbocycles. The fourth-order valence-corrected chi connectivity index (χ4v) is 1.92. The topological polar surface area (TPSA) is 55.8 Å². The van der Waals surface area contributed by atoms with Crippen LogP contribution in [0.5, 0.6) is 0 Å². The summed E-state index contributed by atoms with van der Waals surface area (Å²) in [6, 6.07) is 0. The molecule has 0 aromatic heterocycles. The minimum absolute atomic E-state index is 0.00128. The van der Waals surface area contributed by atoms with Crippen LogP contribution < -0.4 is 0 Å². The van der Waals surface area contributed by atoms with Crippen LogP contribution in [-0.4, -0.2) is 49.5 Å². The maximum atomic E-state index is 11.5. The average Bonchev–Trinajstić information content (AvgIpc) is 2.32.